The van der Waals surface area contributed by atoms with Crippen LogP contribution in [0.1, 0.15) is 30.1 Å². The summed E-state index contributed by atoms with van der Waals surface area (Å²) in [6.45, 7) is 2.83. The molecule has 1 amide bonds. The second kappa shape index (κ2) is 5.31. The van der Waals surface area contributed by atoms with Crippen molar-refractivity contribution in [3.8, 4) is 0 Å². The number of amides is 1. The molecule has 0 unspecified atom stereocenters. The highest BCUT2D eigenvalue weighted by Gasteiger charge is 2.24. The molecular formula is C15H17NO2S. The molecule has 1 aromatic heterocycles. The minimum absolute atomic E-state index is 0.000417. The first-order valence-electron chi connectivity index (χ1n) is 6.64. The van der Waals surface area contributed by atoms with Gasteiger partial charge in [-0.3, -0.25) is 4.79 Å². The standard InChI is InChI=1S/C15H17NO2S/c1-10(13-6-4-8-18-13)16-15(17)12-9-19-14-7-3-2-5-11(12)14/h2-3,5,7,9-10,13H,4,6,8H2,1H3,(H,16,17)/t10-,13+/m0/s1. The van der Waals surface area contributed by atoms with Crippen molar-refractivity contribution in [3.63, 3.8) is 0 Å². The Kier molecular flexibility index (Phi) is 3.53. The van der Waals surface area contributed by atoms with Crippen molar-refractivity contribution in [1.82, 2.24) is 5.32 Å². The molecule has 0 radical (unpaired) electrons. The van der Waals surface area contributed by atoms with E-state index in [0.717, 1.165) is 35.1 Å². The molecule has 0 spiro atoms. The maximum Gasteiger partial charge on any atom is 0.253 e. The van der Waals surface area contributed by atoms with Gasteiger partial charge in [-0.25, -0.2) is 0 Å². The average Bonchev–Trinajstić information content (AvgIpc) is 3.08. The molecule has 0 aliphatic carbocycles. The topological polar surface area (TPSA) is 38.3 Å². The molecule has 0 saturated carbocycles. The Hall–Kier alpha value is -1.39. The summed E-state index contributed by atoms with van der Waals surface area (Å²) in [7, 11) is 0. The Morgan fingerprint density at radius 1 is 1.47 bits per heavy atom. The van der Waals surface area contributed by atoms with Gasteiger partial charge in [-0.1, -0.05) is 18.2 Å². The maximum absolute atomic E-state index is 12.3. The molecule has 19 heavy (non-hydrogen) atoms. The Bertz CT molecular complexity index is 587. The van der Waals surface area contributed by atoms with Crippen LogP contribution in [0, 0.1) is 0 Å². The molecule has 1 N–H and O–H groups in total. The van der Waals surface area contributed by atoms with E-state index in [1.54, 1.807) is 11.3 Å². The minimum Gasteiger partial charge on any atom is -0.376 e. The molecule has 100 valence electrons. The quantitative estimate of drug-likeness (QED) is 0.934. The largest absolute Gasteiger partial charge is 0.376 e. The normalized spacial score (nSPS) is 20.6. The fourth-order valence-corrected chi connectivity index (χ4v) is 3.47. The van der Waals surface area contributed by atoms with E-state index in [1.807, 2.05) is 36.6 Å². The van der Waals surface area contributed by atoms with E-state index in [4.69, 9.17) is 4.74 Å². The zero-order chi connectivity index (χ0) is 13.2. The molecule has 0 bridgehead atoms. The predicted octanol–water partition coefficient (Wildman–Crippen LogP) is 3.20. The number of hydrogen-bond acceptors (Lipinski definition) is 3. The summed E-state index contributed by atoms with van der Waals surface area (Å²) < 4.78 is 6.76. The lowest BCUT2D eigenvalue weighted by molar-refractivity contribution is 0.0713. The average molecular weight is 275 g/mol. The molecule has 1 saturated heterocycles. The first kappa shape index (κ1) is 12.6. The molecule has 1 aromatic carbocycles. The van der Waals surface area contributed by atoms with Crippen LogP contribution in [-0.2, 0) is 4.74 Å². The Balaban J connectivity index is 1.76. The van der Waals surface area contributed by atoms with Crippen LogP contribution in [0.4, 0.5) is 0 Å². The Morgan fingerprint density at radius 3 is 3.11 bits per heavy atom. The van der Waals surface area contributed by atoms with Crippen LogP contribution in [-0.4, -0.2) is 24.7 Å². The van der Waals surface area contributed by atoms with Crippen molar-refractivity contribution in [2.75, 3.05) is 6.61 Å². The minimum atomic E-state index is 0.000417. The molecular weight excluding hydrogens is 258 g/mol. The monoisotopic (exact) mass is 275 g/mol. The lowest BCUT2D eigenvalue weighted by Crippen LogP contribution is -2.40. The van der Waals surface area contributed by atoms with Crippen LogP contribution in [0.2, 0.25) is 0 Å². The van der Waals surface area contributed by atoms with E-state index in [-0.39, 0.29) is 18.1 Å². The first-order chi connectivity index (χ1) is 9.25. The van der Waals surface area contributed by atoms with E-state index in [9.17, 15) is 4.79 Å². The van der Waals surface area contributed by atoms with Crippen LogP contribution >= 0.6 is 11.3 Å². The molecule has 3 rings (SSSR count). The van der Waals surface area contributed by atoms with E-state index >= 15 is 0 Å². The zero-order valence-electron chi connectivity index (χ0n) is 10.9. The van der Waals surface area contributed by atoms with Gasteiger partial charge < -0.3 is 10.1 Å². The van der Waals surface area contributed by atoms with Crippen molar-refractivity contribution in [2.45, 2.75) is 31.9 Å². The number of benzene rings is 1. The van der Waals surface area contributed by atoms with Gasteiger partial charge in [0.25, 0.3) is 5.91 Å². The van der Waals surface area contributed by atoms with Gasteiger partial charge in [0.15, 0.2) is 0 Å². The van der Waals surface area contributed by atoms with Crippen LogP contribution in [0.5, 0.6) is 0 Å². The molecule has 1 aliphatic heterocycles. The van der Waals surface area contributed by atoms with Gasteiger partial charge in [0, 0.05) is 22.1 Å². The zero-order valence-corrected chi connectivity index (χ0v) is 11.7. The number of rotatable bonds is 3. The highest BCUT2D eigenvalue weighted by Crippen LogP contribution is 2.26. The van der Waals surface area contributed by atoms with E-state index in [0.29, 0.717) is 0 Å². The number of carbonyl (C=O) groups excluding carboxylic acids is 1. The summed E-state index contributed by atoms with van der Waals surface area (Å²) in [5.41, 5.74) is 0.769. The summed E-state index contributed by atoms with van der Waals surface area (Å²) >= 11 is 1.61. The Morgan fingerprint density at radius 2 is 2.32 bits per heavy atom. The van der Waals surface area contributed by atoms with Gasteiger partial charge >= 0.3 is 0 Å². The number of nitrogens with one attached hydrogen (secondary N) is 1. The maximum atomic E-state index is 12.3. The summed E-state index contributed by atoms with van der Waals surface area (Å²) in [5, 5.41) is 6.02. The van der Waals surface area contributed by atoms with Crippen LogP contribution in [0.3, 0.4) is 0 Å². The van der Waals surface area contributed by atoms with Gasteiger partial charge in [-0.15, -0.1) is 11.3 Å². The summed E-state index contributed by atoms with van der Waals surface area (Å²) in [6, 6.07) is 8.07. The van der Waals surface area contributed by atoms with E-state index in [1.165, 1.54) is 0 Å². The number of thiophene rings is 1. The van der Waals surface area contributed by atoms with Gasteiger partial charge in [0.2, 0.25) is 0 Å². The number of fused-ring (bicyclic) bond motifs is 1. The molecule has 1 aliphatic rings. The van der Waals surface area contributed by atoms with Gasteiger partial charge in [-0.05, 0) is 25.8 Å². The molecule has 2 aromatic rings. The van der Waals surface area contributed by atoms with Crippen molar-refractivity contribution in [3.05, 3.63) is 35.2 Å². The summed E-state index contributed by atoms with van der Waals surface area (Å²) in [5.74, 6) is 0.000417. The second-order valence-electron chi connectivity index (χ2n) is 4.96. The smallest absolute Gasteiger partial charge is 0.253 e. The van der Waals surface area contributed by atoms with Crippen molar-refractivity contribution >= 4 is 27.3 Å². The van der Waals surface area contributed by atoms with Crippen molar-refractivity contribution in [2.24, 2.45) is 0 Å². The SMILES string of the molecule is C[C@H](NC(=O)c1csc2ccccc12)[C@H]1CCCO1. The van der Waals surface area contributed by atoms with Gasteiger partial charge in [0.05, 0.1) is 17.7 Å². The van der Waals surface area contributed by atoms with Crippen molar-refractivity contribution in [1.29, 1.82) is 0 Å². The lowest BCUT2D eigenvalue weighted by atomic mass is 10.1. The number of ether oxygens (including phenoxy) is 1. The van der Waals surface area contributed by atoms with Crippen molar-refractivity contribution < 1.29 is 9.53 Å². The third kappa shape index (κ3) is 2.51. The van der Waals surface area contributed by atoms with E-state index in [2.05, 4.69) is 5.32 Å². The number of carbonyl (C=O) groups is 1. The van der Waals surface area contributed by atoms with Crippen LogP contribution in [0.15, 0.2) is 29.6 Å². The number of hydrogen-bond donors (Lipinski definition) is 1. The Labute approximate surface area is 116 Å². The second-order valence-corrected chi connectivity index (χ2v) is 5.87. The first-order valence-corrected chi connectivity index (χ1v) is 7.52. The van der Waals surface area contributed by atoms with Crippen LogP contribution in [0.25, 0.3) is 10.1 Å². The van der Waals surface area contributed by atoms with Gasteiger partial charge in [0.1, 0.15) is 0 Å². The predicted molar refractivity (Wildman–Crippen MR) is 77.7 cm³/mol. The summed E-state index contributed by atoms with van der Waals surface area (Å²) in [6.07, 6.45) is 2.28. The molecule has 1 fully saturated rings. The fourth-order valence-electron chi connectivity index (χ4n) is 2.53. The van der Waals surface area contributed by atoms with E-state index < -0.39 is 0 Å². The third-order valence-electron chi connectivity index (χ3n) is 3.61. The molecule has 2 heterocycles. The molecule has 4 heteroatoms. The lowest BCUT2D eigenvalue weighted by Gasteiger charge is -2.19. The van der Waals surface area contributed by atoms with Crippen LogP contribution < -0.4 is 5.32 Å². The summed E-state index contributed by atoms with van der Waals surface area (Å²) in [4.78, 5) is 12.3. The fraction of sp³-hybridized carbons (Fsp3) is 0.400. The third-order valence-corrected chi connectivity index (χ3v) is 4.57. The molecule has 2 atom stereocenters. The highest BCUT2D eigenvalue weighted by molar-refractivity contribution is 7.17. The highest BCUT2D eigenvalue weighted by atomic mass is 32.1. The van der Waals surface area contributed by atoms with Gasteiger partial charge in [-0.2, -0.15) is 0 Å². The molecule has 3 nitrogen and oxygen atoms in total.